The van der Waals surface area contributed by atoms with Crippen molar-refractivity contribution < 1.29 is 14.7 Å². The predicted molar refractivity (Wildman–Crippen MR) is 94.7 cm³/mol. The first-order valence-electron chi connectivity index (χ1n) is 7.98. The number of hydrogen-bond acceptors (Lipinski definition) is 3. The predicted octanol–water partition coefficient (Wildman–Crippen LogP) is 2.62. The second kappa shape index (κ2) is 7.34. The van der Waals surface area contributed by atoms with Crippen molar-refractivity contribution >= 4 is 11.9 Å². The van der Waals surface area contributed by atoms with Crippen LogP contribution in [-0.2, 0) is 10.2 Å². The van der Waals surface area contributed by atoms with Gasteiger partial charge in [0.15, 0.2) is 0 Å². The van der Waals surface area contributed by atoms with Gasteiger partial charge in [-0.05, 0) is 22.6 Å². The third-order valence-electron chi connectivity index (χ3n) is 3.90. The summed E-state index contributed by atoms with van der Waals surface area (Å²) in [6, 6.07) is 9.48. The van der Waals surface area contributed by atoms with Gasteiger partial charge in [0, 0.05) is 17.8 Å². The molecule has 1 heterocycles. The van der Waals surface area contributed by atoms with E-state index in [-0.39, 0.29) is 17.4 Å². The topological polar surface area (TPSA) is 99.3 Å². The number of carbonyl (C=O) groups excluding carboxylic acids is 1. The molecule has 6 nitrogen and oxygen atoms in total. The average molecular weight is 342 g/mol. The van der Waals surface area contributed by atoms with Crippen molar-refractivity contribution in [1.82, 2.24) is 10.3 Å². The molecule has 1 aromatic carbocycles. The summed E-state index contributed by atoms with van der Waals surface area (Å²) in [5.74, 6) is -1.51. The van der Waals surface area contributed by atoms with Crippen LogP contribution in [0.3, 0.4) is 0 Å². The lowest BCUT2D eigenvalue weighted by atomic mass is 9.86. The summed E-state index contributed by atoms with van der Waals surface area (Å²) in [6.45, 7) is 6.27. The molecule has 0 spiro atoms. The number of aliphatic carboxylic acids is 1. The van der Waals surface area contributed by atoms with Crippen LogP contribution in [-0.4, -0.2) is 22.0 Å². The molecule has 3 N–H and O–H groups in total. The summed E-state index contributed by atoms with van der Waals surface area (Å²) >= 11 is 0. The molecule has 0 aliphatic rings. The Morgan fingerprint density at radius 3 is 2.32 bits per heavy atom. The number of pyridine rings is 1. The molecule has 1 unspecified atom stereocenters. The number of rotatable bonds is 5. The number of benzene rings is 1. The summed E-state index contributed by atoms with van der Waals surface area (Å²) < 4.78 is 0. The molecular formula is C19H22N2O4. The Balaban J connectivity index is 2.25. The van der Waals surface area contributed by atoms with Crippen LogP contribution in [0.4, 0.5) is 0 Å². The molecule has 25 heavy (non-hydrogen) atoms. The van der Waals surface area contributed by atoms with E-state index in [2.05, 4.69) is 31.1 Å². The Morgan fingerprint density at radius 2 is 1.80 bits per heavy atom. The Hall–Kier alpha value is -2.89. The second-order valence-electron chi connectivity index (χ2n) is 6.94. The molecule has 1 aromatic heterocycles. The highest BCUT2D eigenvalue weighted by molar-refractivity contribution is 5.94. The van der Waals surface area contributed by atoms with Gasteiger partial charge in [-0.1, -0.05) is 45.0 Å². The van der Waals surface area contributed by atoms with Gasteiger partial charge in [0.05, 0.1) is 12.5 Å². The minimum atomic E-state index is -1.02. The van der Waals surface area contributed by atoms with E-state index >= 15 is 0 Å². The van der Waals surface area contributed by atoms with Gasteiger partial charge in [0.25, 0.3) is 5.91 Å². The average Bonchev–Trinajstić information content (AvgIpc) is 2.53. The molecule has 0 aliphatic carbocycles. The monoisotopic (exact) mass is 342 g/mol. The van der Waals surface area contributed by atoms with E-state index in [1.807, 2.05) is 24.3 Å². The molecule has 0 radical (unpaired) electrons. The first-order chi connectivity index (χ1) is 11.7. The SMILES string of the molecule is CC(C)(C)c1ccc(C(CC(=O)O)NC(=O)c2cc[nH]c(=O)c2)cc1. The number of H-pyrrole nitrogens is 1. The fraction of sp³-hybridized carbons (Fsp3) is 0.316. The van der Waals surface area contributed by atoms with E-state index in [9.17, 15) is 14.4 Å². The molecule has 132 valence electrons. The van der Waals surface area contributed by atoms with Crippen LogP contribution >= 0.6 is 0 Å². The summed E-state index contributed by atoms with van der Waals surface area (Å²) in [4.78, 5) is 37.3. The molecule has 0 fully saturated rings. The Labute approximate surface area is 145 Å². The molecule has 6 heteroatoms. The van der Waals surface area contributed by atoms with E-state index in [0.29, 0.717) is 5.56 Å². The Morgan fingerprint density at radius 1 is 1.16 bits per heavy atom. The summed E-state index contributed by atoms with van der Waals surface area (Å²) in [5, 5.41) is 11.8. The zero-order valence-corrected chi connectivity index (χ0v) is 14.5. The number of aromatic nitrogens is 1. The van der Waals surface area contributed by atoms with E-state index in [1.54, 1.807) is 0 Å². The van der Waals surface area contributed by atoms with Gasteiger partial charge in [0.1, 0.15) is 0 Å². The lowest BCUT2D eigenvalue weighted by molar-refractivity contribution is -0.137. The molecule has 1 amide bonds. The zero-order chi connectivity index (χ0) is 18.6. The number of carbonyl (C=O) groups is 2. The number of carboxylic acid groups (broad SMARTS) is 1. The van der Waals surface area contributed by atoms with E-state index in [0.717, 1.165) is 5.56 Å². The van der Waals surface area contributed by atoms with Crippen molar-refractivity contribution in [1.29, 1.82) is 0 Å². The number of amides is 1. The maximum Gasteiger partial charge on any atom is 0.305 e. The van der Waals surface area contributed by atoms with Gasteiger partial charge in [0.2, 0.25) is 5.56 Å². The number of aromatic amines is 1. The number of carboxylic acids is 1. The maximum atomic E-state index is 12.3. The van der Waals surface area contributed by atoms with E-state index < -0.39 is 23.5 Å². The minimum absolute atomic E-state index is 0.0187. The lowest BCUT2D eigenvalue weighted by Gasteiger charge is -2.22. The molecule has 0 saturated heterocycles. The summed E-state index contributed by atoms with van der Waals surface area (Å²) in [6.07, 6.45) is 1.13. The normalized spacial score (nSPS) is 12.4. The first-order valence-corrected chi connectivity index (χ1v) is 7.98. The molecule has 0 aliphatic heterocycles. The first kappa shape index (κ1) is 18.4. The summed E-state index contributed by atoms with van der Waals surface area (Å²) in [7, 11) is 0. The quantitative estimate of drug-likeness (QED) is 0.778. The lowest BCUT2D eigenvalue weighted by Crippen LogP contribution is -2.31. The van der Waals surface area contributed by atoms with Gasteiger partial charge in [-0.15, -0.1) is 0 Å². The summed E-state index contributed by atoms with van der Waals surface area (Å²) in [5.41, 5.74) is 1.59. The van der Waals surface area contributed by atoms with Crippen LogP contribution in [0.1, 0.15) is 54.7 Å². The van der Waals surface area contributed by atoms with Gasteiger partial charge in [-0.3, -0.25) is 14.4 Å². The molecule has 0 bridgehead atoms. The van der Waals surface area contributed by atoms with Crippen molar-refractivity contribution in [2.24, 2.45) is 0 Å². The van der Waals surface area contributed by atoms with Crippen molar-refractivity contribution in [3.63, 3.8) is 0 Å². The van der Waals surface area contributed by atoms with Crippen LogP contribution in [0.15, 0.2) is 47.4 Å². The highest BCUT2D eigenvalue weighted by Gasteiger charge is 2.20. The van der Waals surface area contributed by atoms with Crippen molar-refractivity contribution in [3.8, 4) is 0 Å². The Kier molecular flexibility index (Phi) is 5.41. The number of hydrogen-bond donors (Lipinski definition) is 3. The fourth-order valence-corrected chi connectivity index (χ4v) is 2.47. The van der Waals surface area contributed by atoms with Crippen LogP contribution in [0, 0.1) is 0 Å². The third kappa shape index (κ3) is 5.04. The number of nitrogens with one attached hydrogen (secondary N) is 2. The highest BCUT2D eigenvalue weighted by atomic mass is 16.4. The van der Waals surface area contributed by atoms with E-state index in [4.69, 9.17) is 5.11 Å². The van der Waals surface area contributed by atoms with Crippen LogP contribution in [0.5, 0.6) is 0 Å². The fourth-order valence-electron chi connectivity index (χ4n) is 2.47. The van der Waals surface area contributed by atoms with Crippen molar-refractivity contribution in [3.05, 3.63) is 69.6 Å². The van der Waals surface area contributed by atoms with Gasteiger partial charge < -0.3 is 15.4 Å². The molecule has 0 saturated carbocycles. The standard InChI is InChI=1S/C19H22N2O4/c1-19(2,3)14-6-4-12(5-7-14)15(11-17(23)24)21-18(25)13-8-9-20-16(22)10-13/h4-10,15H,11H2,1-3H3,(H,20,22)(H,21,25)(H,23,24). The van der Waals surface area contributed by atoms with Crippen LogP contribution in [0.25, 0.3) is 0 Å². The molecule has 2 rings (SSSR count). The van der Waals surface area contributed by atoms with Crippen LogP contribution in [0.2, 0.25) is 0 Å². The zero-order valence-electron chi connectivity index (χ0n) is 14.5. The van der Waals surface area contributed by atoms with Crippen LogP contribution < -0.4 is 10.9 Å². The van der Waals surface area contributed by atoms with Crippen molar-refractivity contribution in [2.45, 2.75) is 38.6 Å². The smallest absolute Gasteiger partial charge is 0.305 e. The van der Waals surface area contributed by atoms with Crippen molar-refractivity contribution in [2.75, 3.05) is 0 Å². The van der Waals surface area contributed by atoms with Gasteiger partial charge in [-0.2, -0.15) is 0 Å². The van der Waals surface area contributed by atoms with Gasteiger partial charge in [-0.25, -0.2) is 0 Å². The second-order valence-corrected chi connectivity index (χ2v) is 6.94. The highest BCUT2D eigenvalue weighted by Crippen LogP contribution is 2.25. The third-order valence-corrected chi connectivity index (χ3v) is 3.90. The molecule has 1 atom stereocenters. The Bertz CT molecular complexity index is 816. The van der Waals surface area contributed by atoms with Gasteiger partial charge >= 0.3 is 5.97 Å². The molecule has 2 aromatic rings. The maximum absolute atomic E-state index is 12.3. The largest absolute Gasteiger partial charge is 0.481 e. The van der Waals surface area contributed by atoms with E-state index in [1.165, 1.54) is 18.3 Å². The molecular weight excluding hydrogens is 320 g/mol. The minimum Gasteiger partial charge on any atom is -0.481 e.